The van der Waals surface area contributed by atoms with Gasteiger partial charge < -0.3 is 15.4 Å². The highest BCUT2D eigenvalue weighted by Gasteiger charge is 2.03. The SMILES string of the molecule is CCc1ccc(NCC(=O)Nc2ccc(OC(C)C)cc2)cc1. The molecular formula is C19H24N2O2. The average molecular weight is 312 g/mol. The van der Waals surface area contributed by atoms with Crippen LogP contribution in [0, 0.1) is 0 Å². The zero-order valence-corrected chi connectivity index (χ0v) is 13.9. The zero-order valence-electron chi connectivity index (χ0n) is 13.9. The lowest BCUT2D eigenvalue weighted by atomic mass is 10.1. The lowest BCUT2D eigenvalue weighted by Crippen LogP contribution is -2.21. The van der Waals surface area contributed by atoms with Crippen molar-refractivity contribution in [3.05, 3.63) is 54.1 Å². The summed E-state index contributed by atoms with van der Waals surface area (Å²) in [5, 5.41) is 5.97. The molecule has 0 aliphatic rings. The molecule has 0 spiro atoms. The van der Waals surface area contributed by atoms with Crippen molar-refractivity contribution in [2.45, 2.75) is 33.3 Å². The number of ether oxygens (including phenoxy) is 1. The van der Waals surface area contributed by atoms with Gasteiger partial charge in [0, 0.05) is 11.4 Å². The summed E-state index contributed by atoms with van der Waals surface area (Å²) in [5.41, 5.74) is 2.98. The Kier molecular flexibility index (Phi) is 6.03. The third-order valence-corrected chi connectivity index (χ3v) is 3.33. The molecule has 0 aliphatic carbocycles. The molecule has 0 aliphatic heterocycles. The van der Waals surface area contributed by atoms with Gasteiger partial charge in [0.15, 0.2) is 0 Å². The molecule has 0 unspecified atom stereocenters. The normalized spacial score (nSPS) is 10.4. The van der Waals surface area contributed by atoms with Gasteiger partial charge in [0.25, 0.3) is 0 Å². The monoisotopic (exact) mass is 312 g/mol. The van der Waals surface area contributed by atoms with Crippen LogP contribution >= 0.6 is 0 Å². The number of hydrogen-bond acceptors (Lipinski definition) is 3. The van der Waals surface area contributed by atoms with Gasteiger partial charge in [0.05, 0.1) is 12.6 Å². The smallest absolute Gasteiger partial charge is 0.243 e. The number of benzene rings is 2. The molecule has 1 amide bonds. The number of amides is 1. The Bertz CT molecular complexity index is 619. The summed E-state index contributed by atoms with van der Waals surface area (Å²) in [5.74, 6) is 0.717. The van der Waals surface area contributed by atoms with Crippen LogP contribution in [-0.4, -0.2) is 18.6 Å². The molecule has 0 heterocycles. The van der Waals surface area contributed by atoms with Crippen LogP contribution in [0.4, 0.5) is 11.4 Å². The first-order valence-corrected chi connectivity index (χ1v) is 7.96. The van der Waals surface area contributed by atoms with Gasteiger partial charge in [-0.3, -0.25) is 4.79 Å². The van der Waals surface area contributed by atoms with E-state index in [0.29, 0.717) is 0 Å². The molecule has 2 N–H and O–H groups in total. The summed E-state index contributed by atoms with van der Waals surface area (Å²) in [6.45, 7) is 6.31. The van der Waals surface area contributed by atoms with Crippen molar-refractivity contribution in [2.24, 2.45) is 0 Å². The van der Waals surface area contributed by atoms with E-state index in [-0.39, 0.29) is 18.6 Å². The van der Waals surface area contributed by atoms with Crippen molar-refractivity contribution < 1.29 is 9.53 Å². The highest BCUT2D eigenvalue weighted by atomic mass is 16.5. The number of aryl methyl sites for hydroxylation is 1. The molecule has 0 saturated heterocycles. The van der Waals surface area contributed by atoms with E-state index in [1.807, 2.05) is 50.2 Å². The van der Waals surface area contributed by atoms with Crippen molar-refractivity contribution in [2.75, 3.05) is 17.2 Å². The van der Waals surface area contributed by atoms with Crippen molar-refractivity contribution in [1.29, 1.82) is 0 Å². The quantitative estimate of drug-likeness (QED) is 0.809. The highest BCUT2D eigenvalue weighted by molar-refractivity contribution is 5.93. The standard InChI is InChI=1S/C19H24N2O2/c1-4-15-5-7-16(8-6-15)20-13-19(22)21-17-9-11-18(12-10-17)23-14(2)3/h5-12,14,20H,4,13H2,1-3H3,(H,21,22). The van der Waals surface area contributed by atoms with E-state index in [0.717, 1.165) is 23.5 Å². The van der Waals surface area contributed by atoms with Crippen LogP contribution in [0.15, 0.2) is 48.5 Å². The van der Waals surface area contributed by atoms with Crippen molar-refractivity contribution in [3.8, 4) is 5.75 Å². The lowest BCUT2D eigenvalue weighted by molar-refractivity contribution is -0.114. The van der Waals surface area contributed by atoms with Gasteiger partial charge >= 0.3 is 0 Å². The van der Waals surface area contributed by atoms with E-state index < -0.39 is 0 Å². The summed E-state index contributed by atoms with van der Waals surface area (Å²) < 4.78 is 5.57. The number of carbonyl (C=O) groups is 1. The zero-order chi connectivity index (χ0) is 16.7. The fourth-order valence-electron chi connectivity index (χ4n) is 2.13. The second-order valence-electron chi connectivity index (χ2n) is 5.64. The van der Waals surface area contributed by atoms with Gasteiger partial charge in [-0.15, -0.1) is 0 Å². The molecule has 2 aromatic rings. The van der Waals surface area contributed by atoms with Crippen LogP contribution in [0.1, 0.15) is 26.3 Å². The van der Waals surface area contributed by atoms with Gasteiger partial charge in [-0.1, -0.05) is 19.1 Å². The van der Waals surface area contributed by atoms with E-state index in [1.165, 1.54) is 5.56 Å². The lowest BCUT2D eigenvalue weighted by Gasteiger charge is -2.11. The molecule has 0 fully saturated rings. The fourth-order valence-corrected chi connectivity index (χ4v) is 2.13. The molecule has 122 valence electrons. The predicted octanol–water partition coefficient (Wildman–Crippen LogP) is 4.09. The second-order valence-corrected chi connectivity index (χ2v) is 5.64. The summed E-state index contributed by atoms with van der Waals surface area (Å²) >= 11 is 0. The van der Waals surface area contributed by atoms with Crippen LogP contribution in [0.5, 0.6) is 5.75 Å². The Labute approximate surface area is 137 Å². The van der Waals surface area contributed by atoms with Crippen LogP contribution in [0.3, 0.4) is 0 Å². The van der Waals surface area contributed by atoms with Gasteiger partial charge in [-0.2, -0.15) is 0 Å². The van der Waals surface area contributed by atoms with Crippen LogP contribution < -0.4 is 15.4 Å². The number of anilines is 2. The maximum atomic E-state index is 12.0. The summed E-state index contributed by atoms with van der Waals surface area (Å²) in [4.78, 5) is 12.0. The molecule has 0 radical (unpaired) electrons. The first kappa shape index (κ1) is 16.9. The number of nitrogens with one attached hydrogen (secondary N) is 2. The Morgan fingerprint density at radius 3 is 2.17 bits per heavy atom. The van der Waals surface area contributed by atoms with Crippen LogP contribution in [-0.2, 0) is 11.2 Å². The maximum Gasteiger partial charge on any atom is 0.243 e. The molecule has 2 aromatic carbocycles. The van der Waals surface area contributed by atoms with E-state index in [1.54, 1.807) is 0 Å². The molecule has 4 heteroatoms. The molecule has 0 aromatic heterocycles. The predicted molar refractivity (Wildman–Crippen MR) is 95.1 cm³/mol. The molecule has 0 atom stereocenters. The van der Waals surface area contributed by atoms with Gasteiger partial charge in [0.1, 0.15) is 5.75 Å². The largest absolute Gasteiger partial charge is 0.491 e. The highest BCUT2D eigenvalue weighted by Crippen LogP contribution is 2.17. The minimum atomic E-state index is -0.0814. The van der Waals surface area contributed by atoms with E-state index in [4.69, 9.17) is 4.74 Å². The summed E-state index contributed by atoms with van der Waals surface area (Å²) in [6, 6.07) is 15.5. The van der Waals surface area contributed by atoms with Gasteiger partial charge in [-0.25, -0.2) is 0 Å². The maximum absolute atomic E-state index is 12.0. The molecule has 0 bridgehead atoms. The minimum absolute atomic E-state index is 0.0814. The molecular weight excluding hydrogens is 288 g/mol. The molecule has 2 rings (SSSR count). The van der Waals surface area contributed by atoms with Crippen LogP contribution in [0.25, 0.3) is 0 Å². The third-order valence-electron chi connectivity index (χ3n) is 3.33. The summed E-state index contributed by atoms with van der Waals surface area (Å²) in [7, 11) is 0. The number of hydrogen-bond donors (Lipinski definition) is 2. The van der Waals surface area contributed by atoms with Crippen molar-refractivity contribution in [3.63, 3.8) is 0 Å². The fraction of sp³-hybridized carbons (Fsp3) is 0.316. The van der Waals surface area contributed by atoms with E-state index in [2.05, 4.69) is 29.7 Å². The van der Waals surface area contributed by atoms with Crippen molar-refractivity contribution in [1.82, 2.24) is 0 Å². The Balaban J connectivity index is 1.81. The van der Waals surface area contributed by atoms with E-state index >= 15 is 0 Å². The third kappa shape index (κ3) is 5.66. The number of rotatable bonds is 7. The molecule has 0 saturated carbocycles. The topological polar surface area (TPSA) is 50.4 Å². The molecule has 4 nitrogen and oxygen atoms in total. The summed E-state index contributed by atoms with van der Waals surface area (Å²) in [6.07, 6.45) is 1.15. The second kappa shape index (κ2) is 8.22. The molecule has 23 heavy (non-hydrogen) atoms. The Morgan fingerprint density at radius 1 is 1.00 bits per heavy atom. The van der Waals surface area contributed by atoms with Gasteiger partial charge in [-0.05, 0) is 62.2 Å². The van der Waals surface area contributed by atoms with E-state index in [9.17, 15) is 4.79 Å². The average Bonchev–Trinajstić information content (AvgIpc) is 2.55. The first-order chi connectivity index (χ1) is 11.1. The van der Waals surface area contributed by atoms with Crippen molar-refractivity contribution >= 4 is 17.3 Å². The van der Waals surface area contributed by atoms with Crippen LogP contribution in [0.2, 0.25) is 0 Å². The Hall–Kier alpha value is -2.49. The number of carbonyl (C=O) groups excluding carboxylic acids is 1. The van der Waals surface area contributed by atoms with Gasteiger partial charge in [0.2, 0.25) is 5.91 Å². The Morgan fingerprint density at radius 2 is 1.61 bits per heavy atom. The minimum Gasteiger partial charge on any atom is -0.491 e. The first-order valence-electron chi connectivity index (χ1n) is 7.96.